The third kappa shape index (κ3) is 6.93. The van der Waals surface area contributed by atoms with Crippen LogP contribution >= 0.6 is 0 Å². The second-order valence-corrected chi connectivity index (χ2v) is 5.44. The van der Waals surface area contributed by atoms with Gasteiger partial charge in [0.05, 0.1) is 6.54 Å². The van der Waals surface area contributed by atoms with Crippen molar-refractivity contribution >= 4 is 5.91 Å². The first-order chi connectivity index (χ1) is 8.58. The molecule has 1 atom stereocenters. The van der Waals surface area contributed by atoms with Crippen molar-refractivity contribution in [2.45, 2.75) is 25.8 Å². The van der Waals surface area contributed by atoms with Crippen molar-refractivity contribution in [3.63, 3.8) is 0 Å². The predicted octanol–water partition coefficient (Wildman–Crippen LogP) is -0.262. The Labute approximate surface area is 111 Å². The van der Waals surface area contributed by atoms with E-state index < -0.39 is 0 Å². The van der Waals surface area contributed by atoms with Crippen molar-refractivity contribution in [1.82, 2.24) is 20.4 Å². The van der Waals surface area contributed by atoms with Crippen LogP contribution in [0.15, 0.2) is 0 Å². The van der Waals surface area contributed by atoms with E-state index in [4.69, 9.17) is 0 Å². The van der Waals surface area contributed by atoms with E-state index >= 15 is 0 Å². The summed E-state index contributed by atoms with van der Waals surface area (Å²) in [5, 5.41) is 6.42. The fraction of sp³-hybridized carbons (Fsp3) is 0.923. The highest BCUT2D eigenvalue weighted by Gasteiger charge is 2.14. The number of carbonyl (C=O) groups excluding carboxylic acids is 1. The number of carbonyl (C=O) groups is 1. The molecule has 1 saturated heterocycles. The molecule has 1 aliphatic rings. The van der Waals surface area contributed by atoms with Gasteiger partial charge in [-0.3, -0.25) is 9.69 Å². The molecule has 0 aromatic heterocycles. The zero-order valence-corrected chi connectivity index (χ0v) is 12.0. The summed E-state index contributed by atoms with van der Waals surface area (Å²) in [6, 6.07) is 0.255. The minimum Gasteiger partial charge on any atom is -0.352 e. The van der Waals surface area contributed by atoms with Gasteiger partial charge in [-0.15, -0.1) is 0 Å². The van der Waals surface area contributed by atoms with E-state index in [2.05, 4.69) is 41.5 Å². The van der Waals surface area contributed by atoms with E-state index in [1.54, 1.807) is 0 Å². The van der Waals surface area contributed by atoms with Gasteiger partial charge in [0.1, 0.15) is 0 Å². The van der Waals surface area contributed by atoms with Crippen LogP contribution in [0.2, 0.25) is 0 Å². The van der Waals surface area contributed by atoms with Gasteiger partial charge in [-0.05, 0) is 53.5 Å². The minimum atomic E-state index is 0.156. The largest absolute Gasteiger partial charge is 0.352 e. The van der Waals surface area contributed by atoms with Gasteiger partial charge in [-0.2, -0.15) is 0 Å². The van der Waals surface area contributed by atoms with Gasteiger partial charge in [-0.25, -0.2) is 0 Å². The van der Waals surface area contributed by atoms with Gasteiger partial charge in [0, 0.05) is 19.1 Å². The summed E-state index contributed by atoms with van der Waals surface area (Å²) >= 11 is 0. The Morgan fingerprint density at radius 3 is 2.89 bits per heavy atom. The molecular formula is C13H28N4O. The molecule has 1 rings (SSSR count). The molecule has 0 radical (unpaired) electrons. The molecule has 1 unspecified atom stereocenters. The van der Waals surface area contributed by atoms with E-state index in [-0.39, 0.29) is 11.9 Å². The van der Waals surface area contributed by atoms with E-state index in [9.17, 15) is 4.79 Å². The number of amides is 1. The molecule has 1 amide bonds. The van der Waals surface area contributed by atoms with Crippen LogP contribution in [0.1, 0.15) is 19.8 Å². The van der Waals surface area contributed by atoms with Gasteiger partial charge in [0.15, 0.2) is 0 Å². The van der Waals surface area contributed by atoms with Crippen molar-refractivity contribution in [1.29, 1.82) is 0 Å². The smallest absolute Gasteiger partial charge is 0.234 e. The summed E-state index contributed by atoms with van der Waals surface area (Å²) in [6.45, 7) is 7.67. The molecule has 5 nitrogen and oxygen atoms in total. The third-order valence-corrected chi connectivity index (χ3v) is 3.22. The molecule has 18 heavy (non-hydrogen) atoms. The van der Waals surface area contributed by atoms with Crippen LogP contribution in [0, 0.1) is 0 Å². The molecule has 2 N–H and O–H groups in total. The maximum Gasteiger partial charge on any atom is 0.234 e. The van der Waals surface area contributed by atoms with Crippen molar-refractivity contribution in [2.75, 3.05) is 53.4 Å². The summed E-state index contributed by atoms with van der Waals surface area (Å²) in [5.41, 5.74) is 0. The summed E-state index contributed by atoms with van der Waals surface area (Å²) in [7, 11) is 4.11. The normalized spacial score (nSPS) is 19.6. The molecule has 5 heteroatoms. The molecule has 0 saturated carbocycles. The Hall–Kier alpha value is -0.650. The second kappa shape index (κ2) is 8.45. The van der Waals surface area contributed by atoms with E-state index in [1.807, 2.05) is 0 Å². The summed E-state index contributed by atoms with van der Waals surface area (Å²) in [5.74, 6) is 0.156. The molecule has 0 aromatic carbocycles. The van der Waals surface area contributed by atoms with Gasteiger partial charge < -0.3 is 15.5 Å². The van der Waals surface area contributed by atoms with Crippen LogP contribution in [0.3, 0.4) is 0 Å². The van der Waals surface area contributed by atoms with Gasteiger partial charge in [-0.1, -0.05) is 0 Å². The van der Waals surface area contributed by atoms with Crippen molar-refractivity contribution in [2.24, 2.45) is 0 Å². The number of hydrogen-bond acceptors (Lipinski definition) is 4. The number of hydrogen-bond donors (Lipinski definition) is 2. The molecule has 1 aliphatic heterocycles. The highest BCUT2D eigenvalue weighted by atomic mass is 16.2. The molecule has 106 valence electrons. The Balaban J connectivity index is 2.19. The number of nitrogens with one attached hydrogen (secondary N) is 2. The maximum atomic E-state index is 11.9. The van der Waals surface area contributed by atoms with E-state index in [0.717, 1.165) is 45.6 Å². The average molecular weight is 256 g/mol. The van der Waals surface area contributed by atoms with Crippen LogP contribution in [0.25, 0.3) is 0 Å². The lowest BCUT2D eigenvalue weighted by atomic mass is 10.2. The molecule has 1 heterocycles. The van der Waals surface area contributed by atoms with Gasteiger partial charge in [0.25, 0.3) is 0 Å². The fourth-order valence-electron chi connectivity index (χ4n) is 2.11. The Kier molecular flexibility index (Phi) is 7.23. The first-order valence-electron chi connectivity index (χ1n) is 6.95. The standard InChI is InChI=1S/C13H28N4O/c1-12(5-9-16(2)3)15-13(18)11-17-8-4-6-14-7-10-17/h12,14H,4-11H2,1-3H3,(H,15,18). The molecule has 0 aromatic rings. The Morgan fingerprint density at radius 1 is 1.39 bits per heavy atom. The van der Waals surface area contributed by atoms with Crippen molar-refractivity contribution in [3.8, 4) is 0 Å². The van der Waals surface area contributed by atoms with E-state index in [0.29, 0.717) is 6.54 Å². The third-order valence-electron chi connectivity index (χ3n) is 3.22. The Morgan fingerprint density at radius 2 is 2.17 bits per heavy atom. The topological polar surface area (TPSA) is 47.6 Å². The number of rotatable bonds is 6. The number of nitrogens with zero attached hydrogens (tertiary/aromatic N) is 2. The minimum absolute atomic E-state index is 0.156. The lowest BCUT2D eigenvalue weighted by molar-refractivity contribution is -0.122. The Bertz CT molecular complexity index is 237. The van der Waals surface area contributed by atoms with Crippen molar-refractivity contribution < 1.29 is 4.79 Å². The highest BCUT2D eigenvalue weighted by Crippen LogP contribution is 1.96. The van der Waals surface area contributed by atoms with Gasteiger partial charge in [0.2, 0.25) is 5.91 Å². The van der Waals surface area contributed by atoms with Crippen LogP contribution in [0.5, 0.6) is 0 Å². The molecule has 1 fully saturated rings. The lowest BCUT2D eigenvalue weighted by Gasteiger charge is -2.21. The fourth-order valence-corrected chi connectivity index (χ4v) is 2.11. The summed E-state index contributed by atoms with van der Waals surface area (Å²) < 4.78 is 0. The van der Waals surface area contributed by atoms with Crippen molar-refractivity contribution in [3.05, 3.63) is 0 Å². The van der Waals surface area contributed by atoms with Crippen LogP contribution in [-0.4, -0.2) is 75.1 Å². The lowest BCUT2D eigenvalue weighted by Crippen LogP contribution is -2.42. The maximum absolute atomic E-state index is 11.9. The quantitative estimate of drug-likeness (QED) is 0.687. The molecule has 0 spiro atoms. The molecule has 0 bridgehead atoms. The van der Waals surface area contributed by atoms with Crippen LogP contribution in [-0.2, 0) is 4.79 Å². The predicted molar refractivity (Wildman–Crippen MR) is 74.7 cm³/mol. The highest BCUT2D eigenvalue weighted by molar-refractivity contribution is 5.78. The second-order valence-electron chi connectivity index (χ2n) is 5.44. The zero-order valence-electron chi connectivity index (χ0n) is 12.0. The SMILES string of the molecule is CC(CCN(C)C)NC(=O)CN1CCCNCC1. The van der Waals surface area contributed by atoms with E-state index in [1.165, 1.54) is 0 Å². The van der Waals surface area contributed by atoms with Crippen LogP contribution in [0.4, 0.5) is 0 Å². The average Bonchev–Trinajstić information content (AvgIpc) is 2.54. The van der Waals surface area contributed by atoms with Crippen LogP contribution < -0.4 is 10.6 Å². The zero-order chi connectivity index (χ0) is 13.4. The molecule has 0 aliphatic carbocycles. The molecular weight excluding hydrogens is 228 g/mol. The first kappa shape index (κ1) is 15.4. The summed E-state index contributed by atoms with van der Waals surface area (Å²) in [4.78, 5) is 16.3. The summed E-state index contributed by atoms with van der Waals surface area (Å²) in [6.07, 6.45) is 2.13. The van der Waals surface area contributed by atoms with Gasteiger partial charge >= 0.3 is 0 Å². The first-order valence-corrected chi connectivity index (χ1v) is 6.95. The monoisotopic (exact) mass is 256 g/mol.